The molecule has 1 amide bonds. The van der Waals surface area contributed by atoms with Crippen molar-refractivity contribution in [2.45, 2.75) is 12.8 Å². The molecule has 2 saturated heterocycles. The van der Waals surface area contributed by atoms with Crippen molar-refractivity contribution in [2.24, 2.45) is 29.4 Å². The van der Waals surface area contributed by atoms with Crippen LogP contribution in [0.3, 0.4) is 0 Å². The maximum atomic E-state index is 10.7. The van der Waals surface area contributed by atoms with Crippen LogP contribution in [0, 0.1) is 11.8 Å². The Morgan fingerprint density at radius 2 is 1.57 bits per heavy atom. The third-order valence-corrected chi connectivity index (χ3v) is 2.91. The molecule has 0 saturated carbocycles. The van der Waals surface area contributed by atoms with Crippen LogP contribution in [0.15, 0.2) is 0 Å². The molecule has 2 aliphatic heterocycles. The first-order valence-corrected chi connectivity index (χ1v) is 6.26. The zero-order chi connectivity index (χ0) is 15.4. The van der Waals surface area contributed by atoms with Crippen molar-refractivity contribution in [2.75, 3.05) is 33.5 Å². The smallest absolute Gasteiger partial charge is 0.311 e. The number of ether oxygens (including phenoxy) is 3. The quantitative estimate of drug-likeness (QED) is 0.182. The standard InChI is InChI=1S/C6H10O3.C5H10N2O2.H4N2.H2O/c1-8-6(7)5-2-3-9-4-5;6-7-5(8)4-1-2-9-3-4;1-2;/h5H,2-4H2,1H3;4H,1-3,6H2,(H,7,8);1-2H2;1H2. The van der Waals surface area contributed by atoms with Crippen molar-refractivity contribution < 1.29 is 29.3 Å². The first-order valence-electron chi connectivity index (χ1n) is 6.26. The maximum Gasteiger partial charge on any atom is 0.311 e. The van der Waals surface area contributed by atoms with E-state index >= 15 is 0 Å². The van der Waals surface area contributed by atoms with Crippen molar-refractivity contribution in [1.29, 1.82) is 0 Å². The van der Waals surface area contributed by atoms with Crippen LogP contribution in [0.4, 0.5) is 0 Å². The first kappa shape index (κ1) is 22.0. The number of carbonyl (C=O) groups excluding carboxylic acids is 2. The number of hydrogen-bond donors (Lipinski definition) is 4. The molecule has 21 heavy (non-hydrogen) atoms. The fraction of sp³-hybridized carbons (Fsp3) is 0.818. The van der Waals surface area contributed by atoms with Crippen molar-refractivity contribution in [3.63, 3.8) is 0 Å². The minimum atomic E-state index is -0.146. The number of esters is 1. The predicted molar refractivity (Wildman–Crippen MR) is 74.2 cm³/mol. The molecule has 0 aromatic carbocycles. The minimum absolute atomic E-state index is 0. The van der Waals surface area contributed by atoms with Crippen molar-refractivity contribution in [3.05, 3.63) is 0 Å². The van der Waals surface area contributed by atoms with Crippen LogP contribution in [-0.4, -0.2) is 50.9 Å². The van der Waals surface area contributed by atoms with Gasteiger partial charge in [-0.2, -0.15) is 0 Å². The summed E-state index contributed by atoms with van der Waals surface area (Å²) in [5, 5.41) is 0. The molecule has 10 nitrogen and oxygen atoms in total. The molecule has 2 rings (SSSR count). The molecule has 2 heterocycles. The summed E-state index contributed by atoms with van der Waals surface area (Å²) in [6.45, 7) is 2.42. The van der Waals surface area contributed by atoms with E-state index in [0.29, 0.717) is 26.4 Å². The Bertz CT molecular complexity index is 252. The Hall–Kier alpha value is -1.30. The second kappa shape index (κ2) is 13.7. The number of carbonyl (C=O) groups is 2. The van der Waals surface area contributed by atoms with Gasteiger partial charge in [-0.3, -0.25) is 26.7 Å². The van der Waals surface area contributed by atoms with Gasteiger partial charge in [0.2, 0.25) is 5.91 Å². The summed E-state index contributed by atoms with van der Waals surface area (Å²) >= 11 is 0. The third kappa shape index (κ3) is 8.55. The molecule has 0 aromatic rings. The Balaban J connectivity index is 0. The first-order chi connectivity index (χ1) is 9.69. The van der Waals surface area contributed by atoms with Gasteiger partial charge in [-0.05, 0) is 12.8 Å². The summed E-state index contributed by atoms with van der Waals surface area (Å²) in [6, 6.07) is 0. The SMILES string of the molecule is COC(=O)C1CCOC1.NN.NNC(=O)C1CCOC1.O. The van der Waals surface area contributed by atoms with E-state index in [4.69, 9.17) is 15.3 Å². The number of hydrazine groups is 2. The molecular formula is C11H26N4O6. The van der Waals surface area contributed by atoms with Gasteiger partial charge in [-0.25, -0.2) is 5.84 Å². The number of methoxy groups -OCH3 is 1. The van der Waals surface area contributed by atoms with Gasteiger partial charge in [0, 0.05) is 13.2 Å². The average molecular weight is 310 g/mol. The summed E-state index contributed by atoms with van der Waals surface area (Å²) < 4.78 is 14.5. The molecular weight excluding hydrogens is 284 g/mol. The van der Waals surface area contributed by atoms with Gasteiger partial charge in [0.1, 0.15) is 0 Å². The van der Waals surface area contributed by atoms with Crippen LogP contribution in [0.1, 0.15) is 12.8 Å². The molecule has 0 radical (unpaired) electrons. The van der Waals surface area contributed by atoms with E-state index in [1.807, 2.05) is 0 Å². The Kier molecular flexibility index (Phi) is 14.3. The summed E-state index contributed by atoms with van der Waals surface area (Å²) in [5.74, 6) is 12.6. The average Bonchev–Trinajstić information content (AvgIpc) is 3.21. The normalized spacial score (nSPS) is 22.7. The molecule has 10 heteroatoms. The van der Waals surface area contributed by atoms with Gasteiger partial charge < -0.3 is 19.7 Å². The van der Waals surface area contributed by atoms with E-state index in [1.165, 1.54) is 7.11 Å². The zero-order valence-electron chi connectivity index (χ0n) is 12.2. The van der Waals surface area contributed by atoms with E-state index in [0.717, 1.165) is 12.8 Å². The molecule has 0 bridgehead atoms. The molecule has 2 fully saturated rings. The number of amides is 1. The van der Waals surface area contributed by atoms with Gasteiger partial charge in [0.05, 0.1) is 32.2 Å². The minimum Gasteiger partial charge on any atom is -0.469 e. The second-order valence-corrected chi connectivity index (χ2v) is 4.15. The highest BCUT2D eigenvalue weighted by atomic mass is 16.5. The highest BCUT2D eigenvalue weighted by Gasteiger charge is 2.23. The lowest BCUT2D eigenvalue weighted by Crippen LogP contribution is -2.36. The van der Waals surface area contributed by atoms with Crippen LogP contribution < -0.4 is 23.0 Å². The molecule has 9 N–H and O–H groups in total. The summed E-state index contributed by atoms with van der Waals surface area (Å²) in [7, 11) is 1.40. The van der Waals surface area contributed by atoms with Gasteiger partial charge in [-0.1, -0.05) is 0 Å². The topological polar surface area (TPSA) is 183 Å². The fourth-order valence-electron chi connectivity index (χ4n) is 1.75. The fourth-order valence-corrected chi connectivity index (χ4v) is 1.75. The second-order valence-electron chi connectivity index (χ2n) is 4.15. The Morgan fingerprint density at radius 3 is 1.90 bits per heavy atom. The lowest BCUT2D eigenvalue weighted by atomic mass is 10.1. The Labute approximate surface area is 123 Å². The van der Waals surface area contributed by atoms with Crippen molar-refractivity contribution in [3.8, 4) is 0 Å². The number of rotatable bonds is 2. The van der Waals surface area contributed by atoms with Crippen LogP contribution in [0.5, 0.6) is 0 Å². The Morgan fingerprint density at radius 1 is 1.10 bits per heavy atom. The summed E-state index contributed by atoms with van der Waals surface area (Å²) in [6.07, 6.45) is 1.61. The summed E-state index contributed by atoms with van der Waals surface area (Å²) in [5.41, 5.74) is 2.09. The zero-order valence-corrected chi connectivity index (χ0v) is 12.2. The van der Waals surface area contributed by atoms with Gasteiger partial charge in [0.15, 0.2) is 0 Å². The molecule has 2 aliphatic rings. The van der Waals surface area contributed by atoms with Crippen LogP contribution in [-0.2, 0) is 23.8 Å². The van der Waals surface area contributed by atoms with Crippen molar-refractivity contribution >= 4 is 11.9 Å². The lowest BCUT2D eigenvalue weighted by Gasteiger charge is -2.02. The van der Waals surface area contributed by atoms with E-state index in [-0.39, 0.29) is 29.2 Å². The molecule has 0 spiro atoms. The van der Waals surface area contributed by atoms with Crippen LogP contribution >= 0.6 is 0 Å². The van der Waals surface area contributed by atoms with E-state index < -0.39 is 0 Å². The highest BCUT2D eigenvalue weighted by molar-refractivity contribution is 5.78. The maximum absolute atomic E-state index is 10.7. The monoisotopic (exact) mass is 310 g/mol. The molecule has 2 unspecified atom stereocenters. The molecule has 2 atom stereocenters. The van der Waals surface area contributed by atoms with Gasteiger partial charge in [-0.15, -0.1) is 0 Å². The summed E-state index contributed by atoms with van der Waals surface area (Å²) in [4.78, 5) is 21.4. The van der Waals surface area contributed by atoms with E-state index in [2.05, 4.69) is 21.8 Å². The van der Waals surface area contributed by atoms with Gasteiger partial charge >= 0.3 is 5.97 Å². The molecule has 126 valence electrons. The number of hydrogen-bond acceptors (Lipinski definition) is 8. The third-order valence-electron chi connectivity index (χ3n) is 2.91. The van der Waals surface area contributed by atoms with Gasteiger partial charge in [0.25, 0.3) is 0 Å². The van der Waals surface area contributed by atoms with Crippen LogP contribution in [0.2, 0.25) is 0 Å². The largest absolute Gasteiger partial charge is 0.469 e. The predicted octanol–water partition coefficient (Wildman–Crippen LogP) is -2.80. The van der Waals surface area contributed by atoms with Crippen molar-refractivity contribution in [1.82, 2.24) is 5.43 Å². The molecule has 0 aromatic heterocycles. The highest BCUT2D eigenvalue weighted by Crippen LogP contribution is 2.13. The van der Waals surface area contributed by atoms with E-state index in [1.54, 1.807) is 0 Å². The number of nitrogens with one attached hydrogen (secondary N) is 1. The molecule has 0 aliphatic carbocycles. The van der Waals surface area contributed by atoms with E-state index in [9.17, 15) is 9.59 Å². The number of nitrogens with two attached hydrogens (primary N) is 3. The lowest BCUT2D eigenvalue weighted by molar-refractivity contribution is -0.145. The van der Waals surface area contributed by atoms with Crippen LogP contribution in [0.25, 0.3) is 0 Å².